The number of rotatable bonds is 5. The van der Waals surface area contributed by atoms with Gasteiger partial charge >= 0.3 is 0 Å². The third-order valence-corrected chi connectivity index (χ3v) is 3.33. The quantitative estimate of drug-likeness (QED) is 0.794. The van der Waals surface area contributed by atoms with Gasteiger partial charge < -0.3 is 5.73 Å². The minimum atomic E-state index is -4.01. The monoisotopic (exact) mass is 286 g/mol. The molecule has 98 valence electrons. The van der Waals surface area contributed by atoms with Gasteiger partial charge in [0.05, 0.1) is 0 Å². The molecule has 1 aromatic rings. The Bertz CT molecular complexity index is 468. The zero-order valence-electron chi connectivity index (χ0n) is 8.82. The number of benzene rings is 1. The second-order valence-electron chi connectivity index (χ2n) is 3.11. The normalized spacial score (nSPS) is 11.0. The van der Waals surface area contributed by atoms with Crippen molar-refractivity contribution in [2.45, 2.75) is 11.3 Å². The summed E-state index contributed by atoms with van der Waals surface area (Å²) in [6, 6.07) is 2.27. The first kappa shape index (κ1) is 16.2. The second kappa shape index (κ2) is 6.85. The standard InChI is InChI=1S/C9H12F2N2O2S.ClH/c10-7-2-3-8(11)9(6-7)16(14,15)13-5-1-4-12;/h2-3,6,13H,1,4-5,12H2;1H. The number of nitrogens with one attached hydrogen (secondary N) is 1. The fraction of sp³-hybridized carbons (Fsp3) is 0.333. The van der Waals surface area contributed by atoms with Crippen molar-refractivity contribution in [2.75, 3.05) is 13.1 Å². The lowest BCUT2D eigenvalue weighted by atomic mass is 10.3. The fourth-order valence-electron chi connectivity index (χ4n) is 1.07. The van der Waals surface area contributed by atoms with E-state index in [1.54, 1.807) is 0 Å². The van der Waals surface area contributed by atoms with E-state index < -0.39 is 26.6 Å². The van der Waals surface area contributed by atoms with E-state index in [0.717, 1.165) is 12.1 Å². The van der Waals surface area contributed by atoms with Gasteiger partial charge in [0.15, 0.2) is 0 Å². The summed E-state index contributed by atoms with van der Waals surface area (Å²) in [4.78, 5) is -0.690. The zero-order valence-corrected chi connectivity index (χ0v) is 10.5. The van der Waals surface area contributed by atoms with Gasteiger partial charge in [-0.2, -0.15) is 0 Å². The zero-order chi connectivity index (χ0) is 12.2. The Kier molecular flexibility index (Phi) is 6.54. The second-order valence-corrected chi connectivity index (χ2v) is 4.85. The lowest BCUT2D eigenvalue weighted by molar-refractivity contribution is 0.545. The van der Waals surface area contributed by atoms with E-state index in [9.17, 15) is 17.2 Å². The van der Waals surface area contributed by atoms with Crippen molar-refractivity contribution < 1.29 is 17.2 Å². The van der Waals surface area contributed by atoms with Crippen molar-refractivity contribution in [3.8, 4) is 0 Å². The number of sulfonamides is 1. The fourth-order valence-corrected chi connectivity index (χ4v) is 2.23. The summed E-state index contributed by atoms with van der Waals surface area (Å²) in [5.41, 5.74) is 5.18. The molecule has 0 saturated carbocycles. The minimum absolute atomic E-state index is 0. The van der Waals surface area contributed by atoms with Crippen LogP contribution in [0.5, 0.6) is 0 Å². The van der Waals surface area contributed by atoms with Crippen LogP contribution in [0.2, 0.25) is 0 Å². The molecule has 1 aromatic carbocycles. The Labute approximate surface area is 105 Å². The highest BCUT2D eigenvalue weighted by Crippen LogP contribution is 2.15. The molecule has 0 saturated heterocycles. The van der Waals surface area contributed by atoms with Crippen LogP contribution in [0.1, 0.15) is 6.42 Å². The molecule has 0 aliphatic heterocycles. The van der Waals surface area contributed by atoms with Crippen molar-refractivity contribution in [1.29, 1.82) is 0 Å². The highest BCUT2D eigenvalue weighted by molar-refractivity contribution is 7.89. The summed E-state index contributed by atoms with van der Waals surface area (Å²) in [6.45, 7) is 0.406. The molecular weight excluding hydrogens is 274 g/mol. The average molecular weight is 287 g/mol. The summed E-state index contributed by atoms with van der Waals surface area (Å²) in [7, 11) is -4.01. The summed E-state index contributed by atoms with van der Waals surface area (Å²) in [5, 5.41) is 0. The maximum absolute atomic E-state index is 13.2. The molecule has 0 unspecified atom stereocenters. The predicted octanol–water partition coefficient (Wildman–Crippen LogP) is 1.01. The van der Waals surface area contributed by atoms with Crippen molar-refractivity contribution in [3.05, 3.63) is 29.8 Å². The van der Waals surface area contributed by atoms with Gasteiger partial charge in [0.1, 0.15) is 16.5 Å². The van der Waals surface area contributed by atoms with Crippen LogP contribution >= 0.6 is 12.4 Å². The minimum Gasteiger partial charge on any atom is -0.330 e. The van der Waals surface area contributed by atoms with Crippen molar-refractivity contribution in [3.63, 3.8) is 0 Å². The Morgan fingerprint density at radius 2 is 1.94 bits per heavy atom. The molecule has 0 aliphatic rings. The van der Waals surface area contributed by atoms with E-state index in [-0.39, 0.29) is 19.0 Å². The first-order chi connectivity index (χ1) is 7.47. The van der Waals surface area contributed by atoms with Gasteiger partial charge in [-0.05, 0) is 31.2 Å². The van der Waals surface area contributed by atoms with Crippen LogP contribution in [0.4, 0.5) is 8.78 Å². The molecule has 8 heteroatoms. The summed E-state index contributed by atoms with van der Waals surface area (Å²) >= 11 is 0. The molecule has 0 aromatic heterocycles. The molecule has 0 fully saturated rings. The largest absolute Gasteiger partial charge is 0.330 e. The number of nitrogens with two attached hydrogens (primary N) is 1. The Hall–Kier alpha value is -0.760. The van der Waals surface area contributed by atoms with Crippen LogP contribution in [-0.4, -0.2) is 21.5 Å². The van der Waals surface area contributed by atoms with E-state index in [4.69, 9.17) is 5.73 Å². The Balaban J connectivity index is 0.00000256. The summed E-state index contributed by atoms with van der Waals surface area (Å²) in [6.07, 6.45) is 0.427. The summed E-state index contributed by atoms with van der Waals surface area (Å²) < 4.78 is 51.1. The molecule has 4 nitrogen and oxygen atoms in total. The first-order valence-electron chi connectivity index (χ1n) is 4.62. The number of hydrogen-bond acceptors (Lipinski definition) is 3. The van der Waals surface area contributed by atoms with Gasteiger partial charge in [-0.15, -0.1) is 12.4 Å². The topological polar surface area (TPSA) is 72.2 Å². The molecule has 0 radical (unpaired) electrons. The van der Waals surface area contributed by atoms with E-state index in [2.05, 4.69) is 4.72 Å². The molecule has 17 heavy (non-hydrogen) atoms. The van der Waals surface area contributed by atoms with Crippen LogP contribution < -0.4 is 10.5 Å². The maximum Gasteiger partial charge on any atom is 0.243 e. The van der Waals surface area contributed by atoms with Gasteiger partial charge in [0.25, 0.3) is 0 Å². The molecule has 0 spiro atoms. The molecule has 0 heterocycles. The SMILES string of the molecule is Cl.NCCCNS(=O)(=O)c1cc(F)ccc1F. The van der Waals surface area contributed by atoms with Crippen LogP contribution in [0.25, 0.3) is 0 Å². The smallest absolute Gasteiger partial charge is 0.243 e. The Morgan fingerprint density at radius 1 is 1.29 bits per heavy atom. The van der Waals surface area contributed by atoms with Gasteiger partial charge in [0, 0.05) is 6.54 Å². The predicted molar refractivity (Wildman–Crippen MR) is 62.5 cm³/mol. The maximum atomic E-state index is 13.2. The van der Waals surface area contributed by atoms with Gasteiger partial charge in [-0.25, -0.2) is 21.9 Å². The summed E-state index contributed by atoms with van der Waals surface area (Å²) in [5.74, 6) is -1.79. The highest BCUT2D eigenvalue weighted by atomic mass is 35.5. The third-order valence-electron chi connectivity index (χ3n) is 1.86. The van der Waals surface area contributed by atoms with E-state index >= 15 is 0 Å². The van der Waals surface area contributed by atoms with Gasteiger partial charge in [-0.3, -0.25) is 0 Å². The number of halogens is 3. The Morgan fingerprint density at radius 3 is 2.53 bits per heavy atom. The molecule has 3 N–H and O–H groups in total. The average Bonchev–Trinajstić information content (AvgIpc) is 2.22. The van der Waals surface area contributed by atoms with Crippen molar-refractivity contribution in [2.24, 2.45) is 5.73 Å². The van der Waals surface area contributed by atoms with E-state index in [1.807, 2.05) is 0 Å². The van der Waals surface area contributed by atoms with E-state index in [0.29, 0.717) is 19.0 Å². The molecular formula is C9H13ClF2N2O2S. The molecule has 1 rings (SSSR count). The van der Waals surface area contributed by atoms with Crippen molar-refractivity contribution in [1.82, 2.24) is 4.72 Å². The molecule has 0 bridgehead atoms. The highest BCUT2D eigenvalue weighted by Gasteiger charge is 2.18. The molecule has 0 amide bonds. The third kappa shape index (κ3) is 4.55. The molecule has 0 aliphatic carbocycles. The lowest BCUT2D eigenvalue weighted by Crippen LogP contribution is -2.27. The van der Waals surface area contributed by atoms with E-state index in [1.165, 1.54) is 0 Å². The van der Waals surface area contributed by atoms with Crippen LogP contribution in [0, 0.1) is 11.6 Å². The van der Waals surface area contributed by atoms with Gasteiger partial charge in [0.2, 0.25) is 10.0 Å². The van der Waals surface area contributed by atoms with Crippen LogP contribution in [0.15, 0.2) is 23.1 Å². The van der Waals surface area contributed by atoms with Crippen LogP contribution in [-0.2, 0) is 10.0 Å². The number of hydrogen-bond donors (Lipinski definition) is 2. The van der Waals surface area contributed by atoms with Gasteiger partial charge in [-0.1, -0.05) is 0 Å². The van der Waals surface area contributed by atoms with Crippen LogP contribution in [0.3, 0.4) is 0 Å². The first-order valence-corrected chi connectivity index (χ1v) is 6.10. The lowest BCUT2D eigenvalue weighted by Gasteiger charge is -2.06. The van der Waals surface area contributed by atoms with Crippen molar-refractivity contribution >= 4 is 22.4 Å². The molecule has 0 atom stereocenters.